The maximum atomic E-state index is 11.8. The predicted octanol–water partition coefficient (Wildman–Crippen LogP) is 5.09. The van der Waals surface area contributed by atoms with Crippen LogP contribution in [0.25, 0.3) is 0 Å². The molecule has 1 atom stereocenters. The topological polar surface area (TPSA) is 47.0 Å². The fraction of sp³-hybridized carbons (Fsp3) is 0.167. The number of imidazole rings is 1. The number of rotatable bonds is 6. The first-order valence-corrected chi connectivity index (χ1v) is 8.71. The van der Waals surface area contributed by atoms with Crippen molar-refractivity contribution in [3.63, 3.8) is 0 Å². The zero-order valence-electron chi connectivity index (χ0n) is 13.1. The molecule has 2 aromatic carbocycles. The second-order valence-corrected chi connectivity index (χ2v) is 6.79. The molecule has 1 heterocycles. The predicted molar refractivity (Wildman–Crippen MR) is 100 cm³/mol. The van der Waals surface area contributed by atoms with Crippen LogP contribution < -0.4 is 5.69 Å². The Morgan fingerprint density at radius 2 is 1.76 bits per heavy atom. The Labute approximate surface area is 159 Å². The van der Waals surface area contributed by atoms with E-state index >= 15 is 0 Å². The molecule has 0 saturated heterocycles. The summed E-state index contributed by atoms with van der Waals surface area (Å²) in [6.45, 7) is 0.692. The number of aromatic nitrogens is 2. The highest BCUT2D eigenvalue weighted by molar-refractivity contribution is 6.35. The molecule has 0 bridgehead atoms. The minimum absolute atomic E-state index is 0.204. The summed E-state index contributed by atoms with van der Waals surface area (Å²) in [6.07, 6.45) is 2.85. The molecule has 0 aliphatic carbocycles. The van der Waals surface area contributed by atoms with Gasteiger partial charge in [-0.05, 0) is 29.8 Å². The SMILES string of the molecule is O=c1[nH]ccn1CC(OCc1ccc(Cl)cc1)c1ccc(Cl)cc1Cl. The van der Waals surface area contributed by atoms with Crippen LogP contribution in [0.15, 0.2) is 59.7 Å². The lowest BCUT2D eigenvalue weighted by Gasteiger charge is -2.20. The van der Waals surface area contributed by atoms with Crippen LogP contribution in [0.2, 0.25) is 15.1 Å². The molecule has 1 aromatic heterocycles. The number of halogens is 3. The van der Waals surface area contributed by atoms with Gasteiger partial charge in [0.2, 0.25) is 0 Å². The number of hydrogen-bond donors (Lipinski definition) is 1. The van der Waals surface area contributed by atoms with Gasteiger partial charge in [-0.3, -0.25) is 4.57 Å². The van der Waals surface area contributed by atoms with Crippen molar-refractivity contribution < 1.29 is 4.74 Å². The first kappa shape index (κ1) is 18.1. The van der Waals surface area contributed by atoms with Crippen molar-refractivity contribution in [1.82, 2.24) is 9.55 Å². The van der Waals surface area contributed by atoms with E-state index in [4.69, 9.17) is 39.5 Å². The molecule has 0 fully saturated rings. The van der Waals surface area contributed by atoms with E-state index in [1.807, 2.05) is 18.2 Å². The molecule has 0 radical (unpaired) electrons. The second-order valence-electron chi connectivity index (χ2n) is 5.51. The number of ether oxygens (including phenoxy) is 1. The Bertz CT molecular complexity index is 903. The zero-order chi connectivity index (χ0) is 17.8. The molecular formula is C18H15Cl3N2O2. The Morgan fingerprint density at radius 1 is 1.04 bits per heavy atom. The van der Waals surface area contributed by atoms with Gasteiger partial charge in [0.15, 0.2) is 0 Å². The van der Waals surface area contributed by atoms with Crippen molar-refractivity contribution in [3.05, 3.63) is 91.5 Å². The molecule has 130 valence electrons. The van der Waals surface area contributed by atoms with Gasteiger partial charge in [0.05, 0.1) is 13.2 Å². The summed E-state index contributed by atoms with van der Waals surface area (Å²) in [5.41, 5.74) is 1.54. The fourth-order valence-electron chi connectivity index (χ4n) is 2.45. The average Bonchev–Trinajstić information content (AvgIpc) is 2.98. The third kappa shape index (κ3) is 4.67. The van der Waals surface area contributed by atoms with Gasteiger partial charge in [-0.15, -0.1) is 0 Å². The van der Waals surface area contributed by atoms with Gasteiger partial charge in [-0.1, -0.05) is 53.0 Å². The van der Waals surface area contributed by atoms with Crippen molar-refractivity contribution in [2.75, 3.05) is 0 Å². The molecule has 3 aromatic rings. The molecule has 25 heavy (non-hydrogen) atoms. The molecule has 0 amide bonds. The maximum absolute atomic E-state index is 11.8. The molecular weight excluding hydrogens is 383 g/mol. The Balaban J connectivity index is 1.84. The Morgan fingerprint density at radius 3 is 2.40 bits per heavy atom. The molecule has 0 aliphatic rings. The van der Waals surface area contributed by atoms with Crippen LogP contribution >= 0.6 is 34.8 Å². The van der Waals surface area contributed by atoms with Gasteiger partial charge in [0.1, 0.15) is 6.10 Å². The summed E-state index contributed by atoms with van der Waals surface area (Å²) >= 11 is 18.2. The lowest BCUT2D eigenvalue weighted by molar-refractivity contribution is 0.0275. The van der Waals surface area contributed by atoms with E-state index in [-0.39, 0.29) is 5.69 Å². The third-order valence-corrected chi connectivity index (χ3v) is 4.57. The van der Waals surface area contributed by atoms with Crippen molar-refractivity contribution in [1.29, 1.82) is 0 Å². The van der Waals surface area contributed by atoms with Gasteiger partial charge in [0, 0.05) is 33.0 Å². The van der Waals surface area contributed by atoms with Gasteiger partial charge < -0.3 is 9.72 Å². The first-order valence-electron chi connectivity index (χ1n) is 7.58. The van der Waals surface area contributed by atoms with E-state index in [1.165, 1.54) is 4.57 Å². The summed E-state index contributed by atoms with van der Waals surface area (Å²) in [5, 5.41) is 1.71. The van der Waals surface area contributed by atoms with Crippen LogP contribution in [0.1, 0.15) is 17.2 Å². The smallest absolute Gasteiger partial charge is 0.325 e. The maximum Gasteiger partial charge on any atom is 0.325 e. The minimum Gasteiger partial charge on any atom is -0.367 e. The highest BCUT2D eigenvalue weighted by atomic mass is 35.5. The molecule has 0 spiro atoms. The first-order chi connectivity index (χ1) is 12.0. The van der Waals surface area contributed by atoms with E-state index in [1.54, 1.807) is 36.7 Å². The number of benzene rings is 2. The van der Waals surface area contributed by atoms with Crippen LogP contribution in [0.5, 0.6) is 0 Å². The van der Waals surface area contributed by atoms with E-state index < -0.39 is 6.10 Å². The van der Waals surface area contributed by atoms with E-state index in [2.05, 4.69) is 4.98 Å². The molecule has 1 unspecified atom stereocenters. The number of nitrogens with zero attached hydrogens (tertiary/aromatic N) is 1. The largest absolute Gasteiger partial charge is 0.367 e. The monoisotopic (exact) mass is 396 g/mol. The van der Waals surface area contributed by atoms with Gasteiger partial charge in [0.25, 0.3) is 0 Å². The van der Waals surface area contributed by atoms with Crippen LogP contribution in [0.4, 0.5) is 0 Å². The minimum atomic E-state index is -0.408. The number of H-pyrrole nitrogens is 1. The molecule has 0 saturated carbocycles. The quantitative estimate of drug-likeness (QED) is 0.629. The van der Waals surface area contributed by atoms with Gasteiger partial charge >= 0.3 is 5.69 Å². The highest BCUT2D eigenvalue weighted by Gasteiger charge is 2.18. The summed E-state index contributed by atoms with van der Waals surface area (Å²) < 4.78 is 7.60. The van der Waals surface area contributed by atoms with Crippen LogP contribution in [0.3, 0.4) is 0 Å². The van der Waals surface area contributed by atoms with E-state index in [0.29, 0.717) is 28.2 Å². The van der Waals surface area contributed by atoms with Crippen molar-refractivity contribution in [3.8, 4) is 0 Å². The number of aromatic amines is 1. The van der Waals surface area contributed by atoms with Crippen molar-refractivity contribution in [2.45, 2.75) is 19.3 Å². The summed E-state index contributed by atoms with van der Waals surface area (Å²) in [6, 6.07) is 12.6. The van der Waals surface area contributed by atoms with E-state index in [0.717, 1.165) is 11.1 Å². The normalized spacial score (nSPS) is 12.3. The van der Waals surface area contributed by atoms with Crippen LogP contribution in [-0.2, 0) is 17.9 Å². The van der Waals surface area contributed by atoms with Crippen LogP contribution in [0, 0.1) is 0 Å². The molecule has 4 nitrogen and oxygen atoms in total. The molecule has 7 heteroatoms. The van der Waals surface area contributed by atoms with Crippen molar-refractivity contribution in [2.24, 2.45) is 0 Å². The van der Waals surface area contributed by atoms with Crippen LogP contribution in [-0.4, -0.2) is 9.55 Å². The van der Waals surface area contributed by atoms with E-state index in [9.17, 15) is 4.79 Å². The standard InChI is InChI=1S/C18H15Cl3N2O2/c19-13-3-1-12(2-4-13)11-25-17(10-23-8-7-22-18(23)24)15-6-5-14(20)9-16(15)21/h1-9,17H,10-11H2,(H,22,24). The Kier molecular flexibility index (Phi) is 5.86. The number of hydrogen-bond acceptors (Lipinski definition) is 2. The summed E-state index contributed by atoms with van der Waals surface area (Å²) in [7, 11) is 0. The fourth-order valence-corrected chi connectivity index (χ4v) is 3.11. The molecule has 1 N–H and O–H groups in total. The molecule has 3 rings (SSSR count). The summed E-state index contributed by atoms with van der Waals surface area (Å²) in [5.74, 6) is 0. The average molecular weight is 398 g/mol. The lowest BCUT2D eigenvalue weighted by atomic mass is 10.1. The number of nitrogens with one attached hydrogen (secondary N) is 1. The Hall–Kier alpha value is -1.72. The van der Waals surface area contributed by atoms with Gasteiger partial charge in [-0.25, -0.2) is 4.79 Å². The summed E-state index contributed by atoms with van der Waals surface area (Å²) in [4.78, 5) is 14.4. The molecule has 0 aliphatic heterocycles. The van der Waals surface area contributed by atoms with Gasteiger partial charge in [-0.2, -0.15) is 0 Å². The van der Waals surface area contributed by atoms with Crippen molar-refractivity contribution >= 4 is 34.8 Å². The lowest BCUT2D eigenvalue weighted by Crippen LogP contribution is -2.22. The highest BCUT2D eigenvalue weighted by Crippen LogP contribution is 2.30. The zero-order valence-corrected chi connectivity index (χ0v) is 15.4. The second kappa shape index (κ2) is 8.11. The third-order valence-electron chi connectivity index (χ3n) is 3.76.